The van der Waals surface area contributed by atoms with Gasteiger partial charge in [0.2, 0.25) is 0 Å². The van der Waals surface area contributed by atoms with Crippen LogP contribution in [0.2, 0.25) is 0 Å². The van der Waals surface area contributed by atoms with Gasteiger partial charge in [-0.05, 0) is 42.3 Å². The number of methoxy groups -OCH3 is 1. The second-order valence-electron chi connectivity index (χ2n) is 5.72. The third-order valence-corrected chi connectivity index (χ3v) is 3.84. The summed E-state index contributed by atoms with van der Waals surface area (Å²) in [5.41, 5.74) is 1.94. The molecule has 0 aromatic heterocycles. The van der Waals surface area contributed by atoms with E-state index in [-0.39, 0.29) is 18.1 Å². The normalized spacial score (nSPS) is 11.4. The summed E-state index contributed by atoms with van der Waals surface area (Å²) in [7, 11) is 3.08. The summed E-state index contributed by atoms with van der Waals surface area (Å²) in [6.07, 6.45) is 0. The molecular weight excluding hydrogens is 359 g/mol. The fourth-order valence-corrected chi connectivity index (χ4v) is 2.43. The zero-order valence-corrected chi connectivity index (χ0v) is 15.4. The van der Waals surface area contributed by atoms with Crippen LogP contribution in [0.3, 0.4) is 0 Å². The molecular formula is C19H22F3N3O2. The molecule has 0 aliphatic heterocycles. The lowest BCUT2D eigenvalue weighted by Gasteiger charge is -2.15. The summed E-state index contributed by atoms with van der Waals surface area (Å²) in [4.78, 5) is 4.09. The molecule has 0 saturated carbocycles. The molecule has 0 saturated heterocycles. The summed E-state index contributed by atoms with van der Waals surface area (Å²) in [5.74, 6) is 0.787. The molecule has 146 valence electrons. The summed E-state index contributed by atoms with van der Waals surface area (Å²) in [6.45, 7) is -0.601. The maximum absolute atomic E-state index is 13.3. The van der Waals surface area contributed by atoms with Crippen molar-refractivity contribution < 1.29 is 22.6 Å². The van der Waals surface area contributed by atoms with Crippen LogP contribution in [0.5, 0.6) is 11.5 Å². The van der Waals surface area contributed by atoms with E-state index in [1.54, 1.807) is 38.2 Å². The average Bonchev–Trinajstić information content (AvgIpc) is 2.65. The zero-order valence-electron chi connectivity index (χ0n) is 15.4. The standard InChI is InChI=1S/C19H22F3N3O2/c1-12-8-13(4-6-16(12)20)10-24-19(23-2)25-11-14-9-15(26-3)5-7-17(14)27-18(21)22/h4-9,18H,10-11H2,1-3H3,(H2,23,24,25). The van der Waals surface area contributed by atoms with Crippen LogP contribution in [0.1, 0.15) is 16.7 Å². The number of rotatable bonds is 7. The minimum absolute atomic E-state index is 0.0583. The van der Waals surface area contributed by atoms with E-state index in [0.717, 1.165) is 5.56 Å². The van der Waals surface area contributed by atoms with Crippen LogP contribution < -0.4 is 20.1 Å². The van der Waals surface area contributed by atoms with E-state index in [0.29, 0.717) is 29.4 Å². The van der Waals surface area contributed by atoms with Gasteiger partial charge in [-0.3, -0.25) is 4.99 Å². The summed E-state index contributed by atoms with van der Waals surface area (Å²) >= 11 is 0. The first-order valence-corrected chi connectivity index (χ1v) is 8.24. The summed E-state index contributed by atoms with van der Waals surface area (Å²) in [5, 5.41) is 6.12. The molecule has 0 aliphatic carbocycles. The quantitative estimate of drug-likeness (QED) is 0.568. The van der Waals surface area contributed by atoms with Crippen molar-refractivity contribution >= 4 is 5.96 Å². The van der Waals surface area contributed by atoms with Crippen LogP contribution in [0.25, 0.3) is 0 Å². The minimum Gasteiger partial charge on any atom is -0.497 e. The lowest BCUT2D eigenvalue weighted by molar-refractivity contribution is -0.0504. The van der Waals surface area contributed by atoms with Crippen molar-refractivity contribution in [2.75, 3.05) is 14.2 Å². The summed E-state index contributed by atoms with van der Waals surface area (Å²) < 4.78 is 48.2. The summed E-state index contributed by atoms with van der Waals surface area (Å²) in [6, 6.07) is 9.42. The number of guanidine groups is 1. The molecule has 2 N–H and O–H groups in total. The van der Waals surface area contributed by atoms with Crippen LogP contribution >= 0.6 is 0 Å². The van der Waals surface area contributed by atoms with Crippen LogP contribution in [-0.2, 0) is 13.1 Å². The molecule has 0 bridgehead atoms. The highest BCUT2D eigenvalue weighted by Gasteiger charge is 2.11. The molecule has 8 heteroatoms. The average molecular weight is 381 g/mol. The molecule has 0 spiro atoms. The Kier molecular flexibility index (Phi) is 7.34. The lowest BCUT2D eigenvalue weighted by atomic mass is 10.1. The molecule has 2 rings (SSSR count). The van der Waals surface area contributed by atoms with Crippen LogP contribution in [0.15, 0.2) is 41.4 Å². The molecule has 0 unspecified atom stereocenters. The van der Waals surface area contributed by atoms with Crippen molar-refractivity contribution in [3.8, 4) is 11.5 Å². The number of benzene rings is 2. The van der Waals surface area contributed by atoms with Gasteiger partial charge in [-0.2, -0.15) is 8.78 Å². The smallest absolute Gasteiger partial charge is 0.387 e. The number of hydrogen-bond acceptors (Lipinski definition) is 3. The number of hydrogen-bond donors (Lipinski definition) is 2. The van der Waals surface area contributed by atoms with Gasteiger partial charge in [-0.25, -0.2) is 4.39 Å². The van der Waals surface area contributed by atoms with E-state index >= 15 is 0 Å². The Labute approximate surface area is 156 Å². The van der Waals surface area contributed by atoms with E-state index < -0.39 is 6.61 Å². The van der Waals surface area contributed by atoms with Crippen molar-refractivity contribution in [2.24, 2.45) is 4.99 Å². The van der Waals surface area contributed by atoms with Gasteiger partial charge < -0.3 is 20.1 Å². The van der Waals surface area contributed by atoms with Crippen LogP contribution in [0.4, 0.5) is 13.2 Å². The zero-order chi connectivity index (χ0) is 19.8. The Morgan fingerprint density at radius 3 is 2.48 bits per heavy atom. The van der Waals surface area contributed by atoms with Gasteiger partial charge in [0.1, 0.15) is 17.3 Å². The minimum atomic E-state index is -2.92. The highest BCUT2D eigenvalue weighted by molar-refractivity contribution is 5.79. The second kappa shape index (κ2) is 9.70. The number of nitrogens with zero attached hydrogens (tertiary/aromatic N) is 1. The predicted molar refractivity (Wildman–Crippen MR) is 97.8 cm³/mol. The first kappa shape index (κ1) is 20.4. The van der Waals surface area contributed by atoms with E-state index in [1.165, 1.54) is 19.2 Å². The molecule has 0 fully saturated rings. The van der Waals surface area contributed by atoms with Gasteiger partial charge in [0, 0.05) is 25.7 Å². The molecule has 0 aliphatic rings. The third-order valence-electron chi connectivity index (χ3n) is 3.84. The molecule has 27 heavy (non-hydrogen) atoms. The highest BCUT2D eigenvalue weighted by atomic mass is 19.3. The fraction of sp³-hybridized carbons (Fsp3) is 0.316. The number of ether oxygens (including phenoxy) is 2. The molecule has 0 heterocycles. The first-order chi connectivity index (χ1) is 12.9. The maximum atomic E-state index is 13.3. The van der Waals surface area contributed by atoms with Crippen molar-refractivity contribution in [1.29, 1.82) is 0 Å². The monoisotopic (exact) mass is 381 g/mol. The molecule has 0 radical (unpaired) electrons. The first-order valence-electron chi connectivity index (χ1n) is 8.24. The predicted octanol–water partition coefficient (Wildman–Crippen LogP) is 3.61. The van der Waals surface area contributed by atoms with E-state index in [9.17, 15) is 13.2 Å². The van der Waals surface area contributed by atoms with Gasteiger partial charge >= 0.3 is 6.61 Å². The number of aliphatic imine (C=N–C) groups is 1. The van der Waals surface area contributed by atoms with Gasteiger partial charge in [-0.1, -0.05) is 12.1 Å². The largest absolute Gasteiger partial charge is 0.497 e. The maximum Gasteiger partial charge on any atom is 0.387 e. The van der Waals surface area contributed by atoms with E-state index in [2.05, 4.69) is 20.4 Å². The van der Waals surface area contributed by atoms with Crippen molar-refractivity contribution in [1.82, 2.24) is 10.6 Å². The number of alkyl halides is 2. The number of halogens is 3. The Bertz CT molecular complexity index is 798. The van der Waals surface area contributed by atoms with E-state index in [4.69, 9.17) is 4.74 Å². The molecule has 2 aromatic rings. The van der Waals surface area contributed by atoms with Crippen LogP contribution in [-0.4, -0.2) is 26.7 Å². The van der Waals surface area contributed by atoms with Gasteiger partial charge in [0.05, 0.1) is 7.11 Å². The van der Waals surface area contributed by atoms with Gasteiger partial charge in [-0.15, -0.1) is 0 Å². The van der Waals surface area contributed by atoms with Crippen LogP contribution in [0, 0.1) is 12.7 Å². The van der Waals surface area contributed by atoms with Crippen molar-refractivity contribution in [3.63, 3.8) is 0 Å². The lowest BCUT2D eigenvalue weighted by Crippen LogP contribution is -2.36. The molecule has 0 atom stereocenters. The van der Waals surface area contributed by atoms with Gasteiger partial charge in [0.25, 0.3) is 0 Å². The van der Waals surface area contributed by atoms with E-state index in [1.807, 2.05) is 0 Å². The SMILES string of the molecule is CN=C(NCc1ccc(F)c(C)c1)NCc1cc(OC)ccc1OC(F)F. The Morgan fingerprint density at radius 1 is 1.11 bits per heavy atom. The van der Waals surface area contributed by atoms with Gasteiger partial charge in [0.15, 0.2) is 5.96 Å². The van der Waals surface area contributed by atoms with Crippen molar-refractivity contribution in [2.45, 2.75) is 26.6 Å². The second-order valence-corrected chi connectivity index (χ2v) is 5.72. The molecule has 5 nitrogen and oxygen atoms in total. The number of nitrogens with one attached hydrogen (secondary N) is 2. The Balaban J connectivity index is 2.01. The highest BCUT2D eigenvalue weighted by Crippen LogP contribution is 2.25. The van der Waals surface area contributed by atoms with Crippen molar-refractivity contribution in [3.05, 3.63) is 58.9 Å². The fourth-order valence-electron chi connectivity index (χ4n) is 2.43. The number of aryl methyl sites for hydroxylation is 1. The topological polar surface area (TPSA) is 54.9 Å². The molecule has 0 amide bonds. The Morgan fingerprint density at radius 2 is 1.85 bits per heavy atom. The Hall–Kier alpha value is -2.90. The molecule has 2 aromatic carbocycles. The third kappa shape index (κ3) is 6.09.